The summed E-state index contributed by atoms with van der Waals surface area (Å²) in [5, 5.41) is 0. The summed E-state index contributed by atoms with van der Waals surface area (Å²) >= 11 is 0. The maximum Gasteiger partial charge on any atom is 0.225 e. The van der Waals surface area contributed by atoms with Gasteiger partial charge in [0.15, 0.2) is 5.78 Å². The minimum absolute atomic E-state index is 0.0578. The number of piperazine rings is 1. The van der Waals surface area contributed by atoms with E-state index < -0.39 is 0 Å². The summed E-state index contributed by atoms with van der Waals surface area (Å²) in [6, 6.07) is 6.29. The van der Waals surface area contributed by atoms with E-state index in [9.17, 15) is 9.18 Å². The zero-order chi connectivity index (χ0) is 15.5. The topological polar surface area (TPSA) is 49.3 Å². The number of benzene rings is 1. The van der Waals surface area contributed by atoms with Crippen LogP contribution in [0.3, 0.4) is 0 Å². The molecule has 0 unspecified atom stereocenters. The standard InChI is InChI=1S/C16H17FN4O/c1-12(22)13-3-4-14(17)15(11-13)20-7-9-21(10-8-20)16-18-5-2-6-19-16/h2-6,11H,7-10H2,1H3. The van der Waals surface area contributed by atoms with Gasteiger partial charge in [-0.3, -0.25) is 4.79 Å². The number of aromatic nitrogens is 2. The Balaban J connectivity index is 1.74. The van der Waals surface area contributed by atoms with Gasteiger partial charge in [0, 0.05) is 44.1 Å². The Morgan fingerprint density at radius 3 is 2.36 bits per heavy atom. The van der Waals surface area contributed by atoms with E-state index in [1.54, 1.807) is 24.5 Å². The Kier molecular flexibility index (Phi) is 4.00. The minimum Gasteiger partial charge on any atom is -0.366 e. The quantitative estimate of drug-likeness (QED) is 0.813. The van der Waals surface area contributed by atoms with Gasteiger partial charge in [0.25, 0.3) is 0 Å². The van der Waals surface area contributed by atoms with E-state index in [0.717, 1.165) is 0 Å². The van der Waals surface area contributed by atoms with Crippen LogP contribution in [0.25, 0.3) is 0 Å². The van der Waals surface area contributed by atoms with Crippen molar-refractivity contribution in [3.8, 4) is 0 Å². The molecule has 1 saturated heterocycles. The molecule has 3 rings (SSSR count). The summed E-state index contributed by atoms with van der Waals surface area (Å²) in [6.07, 6.45) is 3.43. The van der Waals surface area contributed by atoms with Gasteiger partial charge in [-0.1, -0.05) is 0 Å². The first-order chi connectivity index (χ1) is 10.6. The van der Waals surface area contributed by atoms with Crippen LogP contribution >= 0.6 is 0 Å². The van der Waals surface area contributed by atoms with E-state index >= 15 is 0 Å². The van der Waals surface area contributed by atoms with Gasteiger partial charge >= 0.3 is 0 Å². The van der Waals surface area contributed by atoms with Crippen LogP contribution in [0.2, 0.25) is 0 Å². The highest BCUT2D eigenvalue weighted by Gasteiger charge is 2.21. The van der Waals surface area contributed by atoms with Crippen LogP contribution in [0.5, 0.6) is 0 Å². The number of hydrogen-bond donors (Lipinski definition) is 0. The molecule has 114 valence electrons. The summed E-state index contributed by atoms with van der Waals surface area (Å²) in [5.41, 5.74) is 1.02. The molecule has 5 nitrogen and oxygen atoms in total. The fourth-order valence-electron chi connectivity index (χ4n) is 2.58. The van der Waals surface area contributed by atoms with Crippen molar-refractivity contribution in [3.05, 3.63) is 48.0 Å². The molecule has 6 heteroatoms. The van der Waals surface area contributed by atoms with Crippen LogP contribution in [0.4, 0.5) is 16.0 Å². The number of carbonyl (C=O) groups is 1. The summed E-state index contributed by atoms with van der Waals surface area (Å²) in [5.74, 6) is 0.340. The molecule has 1 aliphatic heterocycles. The van der Waals surface area contributed by atoms with Gasteiger partial charge in [-0.25, -0.2) is 14.4 Å². The summed E-state index contributed by atoms with van der Waals surface area (Å²) < 4.78 is 14.0. The van der Waals surface area contributed by atoms with Gasteiger partial charge in [-0.2, -0.15) is 0 Å². The predicted molar refractivity (Wildman–Crippen MR) is 82.9 cm³/mol. The van der Waals surface area contributed by atoms with Crippen LogP contribution in [0.15, 0.2) is 36.7 Å². The van der Waals surface area contributed by atoms with E-state index in [4.69, 9.17) is 0 Å². The predicted octanol–water partition coefficient (Wildman–Crippen LogP) is 2.14. The molecule has 0 saturated carbocycles. The van der Waals surface area contributed by atoms with Crippen molar-refractivity contribution >= 4 is 17.4 Å². The van der Waals surface area contributed by atoms with Crippen molar-refractivity contribution in [3.63, 3.8) is 0 Å². The molecule has 1 fully saturated rings. The molecule has 1 aliphatic rings. The number of hydrogen-bond acceptors (Lipinski definition) is 5. The van der Waals surface area contributed by atoms with Gasteiger partial charge < -0.3 is 9.80 Å². The molecule has 1 aromatic carbocycles. The normalized spacial score (nSPS) is 15.0. The Labute approximate surface area is 128 Å². The van der Waals surface area contributed by atoms with Gasteiger partial charge in [0.05, 0.1) is 5.69 Å². The Morgan fingerprint density at radius 1 is 1.09 bits per heavy atom. The number of carbonyl (C=O) groups excluding carboxylic acids is 1. The van der Waals surface area contributed by atoms with Crippen molar-refractivity contribution in [1.82, 2.24) is 9.97 Å². The number of anilines is 2. The second kappa shape index (κ2) is 6.09. The highest BCUT2D eigenvalue weighted by atomic mass is 19.1. The van der Waals surface area contributed by atoms with Crippen molar-refractivity contribution in [2.75, 3.05) is 36.0 Å². The minimum atomic E-state index is -0.297. The fourth-order valence-corrected chi connectivity index (χ4v) is 2.58. The molecule has 0 N–H and O–H groups in total. The van der Waals surface area contributed by atoms with Crippen LogP contribution in [0, 0.1) is 5.82 Å². The van der Waals surface area contributed by atoms with Crippen LogP contribution in [-0.2, 0) is 0 Å². The number of Topliss-reactive ketones (excluding diaryl/α,β-unsaturated/α-hetero) is 1. The van der Waals surface area contributed by atoms with Crippen LogP contribution in [-0.4, -0.2) is 41.9 Å². The number of nitrogens with zero attached hydrogens (tertiary/aromatic N) is 4. The van der Waals surface area contributed by atoms with E-state index in [1.807, 2.05) is 4.90 Å². The molecular formula is C16H17FN4O. The van der Waals surface area contributed by atoms with Gasteiger partial charge in [-0.15, -0.1) is 0 Å². The first-order valence-electron chi connectivity index (χ1n) is 7.22. The highest BCUT2D eigenvalue weighted by Crippen LogP contribution is 2.23. The van der Waals surface area contributed by atoms with Crippen molar-refractivity contribution in [2.45, 2.75) is 6.92 Å². The largest absolute Gasteiger partial charge is 0.366 e. The lowest BCUT2D eigenvalue weighted by Gasteiger charge is -2.36. The maximum atomic E-state index is 14.0. The Bertz CT molecular complexity index is 669. The number of halogens is 1. The van der Waals surface area contributed by atoms with Crippen molar-refractivity contribution < 1.29 is 9.18 Å². The molecule has 0 spiro atoms. The SMILES string of the molecule is CC(=O)c1ccc(F)c(N2CCN(c3ncccn3)CC2)c1. The van der Waals surface area contributed by atoms with Crippen LogP contribution < -0.4 is 9.80 Å². The maximum absolute atomic E-state index is 14.0. The first kappa shape index (κ1) is 14.4. The molecule has 22 heavy (non-hydrogen) atoms. The molecule has 2 heterocycles. The fraction of sp³-hybridized carbons (Fsp3) is 0.312. The first-order valence-corrected chi connectivity index (χ1v) is 7.22. The zero-order valence-electron chi connectivity index (χ0n) is 12.4. The molecule has 0 bridgehead atoms. The van der Waals surface area contributed by atoms with Gasteiger partial charge in [0.1, 0.15) is 5.82 Å². The lowest BCUT2D eigenvalue weighted by Crippen LogP contribution is -2.47. The number of ketones is 1. The van der Waals surface area contributed by atoms with Crippen molar-refractivity contribution in [1.29, 1.82) is 0 Å². The van der Waals surface area contributed by atoms with E-state index in [2.05, 4.69) is 14.9 Å². The molecule has 2 aromatic rings. The van der Waals surface area contributed by atoms with Gasteiger partial charge in [0.2, 0.25) is 5.95 Å². The molecule has 0 aliphatic carbocycles. The monoisotopic (exact) mass is 300 g/mol. The molecule has 0 amide bonds. The molecular weight excluding hydrogens is 283 g/mol. The van der Waals surface area contributed by atoms with Crippen LogP contribution in [0.1, 0.15) is 17.3 Å². The summed E-state index contributed by atoms with van der Waals surface area (Å²) in [4.78, 5) is 24.0. The average molecular weight is 300 g/mol. The van der Waals surface area contributed by atoms with E-state index in [1.165, 1.54) is 19.1 Å². The average Bonchev–Trinajstić information content (AvgIpc) is 2.56. The third-order valence-electron chi connectivity index (χ3n) is 3.81. The second-order valence-corrected chi connectivity index (χ2v) is 5.25. The lowest BCUT2D eigenvalue weighted by atomic mass is 10.1. The lowest BCUT2D eigenvalue weighted by molar-refractivity contribution is 0.101. The summed E-state index contributed by atoms with van der Waals surface area (Å²) in [7, 11) is 0. The number of rotatable bonds is 3. The second-order valence-electron chi connectivity index (χ2n) is 5.25. The Morgan fingerprint density at radius 2 is 1.73 bits per heavy atom. The molecule has 0 atom stereocenters. The van der Waals surface area contributed by atoms with Crippen molar-refractivity contribution in [2.24, 2.45) is 0 Å². The third kappa shape index (κ3) is 2.90. The van der Waals surface area contributed by atoms with E-state index in [-0.39, 0.29) is 11.6 Å². The Hall–Kier alpha value is -2.50. The third-order valence-corrected chi connectivity index (χ3v) is 3.81. The highest BCUT2D eigenvalue weighted by molar-refractivity contribution is 5.95. The smallest absolute Gasteiger partial charge is 0.225 e. The summed E-state index contributed by atoms with van der Waals surface area (Å²) in [6.45, 7) is 4.25. The molecule has 0 radical (unpaired) electrons. The van der Waals surface area contributed by atoms with E-state index in [0.29, 0.717) is 43.4 Å². The molecule has 1 aromatic heterocycles. The zero-order valence-corrected chi connectivity index (χ0v) is 12.4. The van der Waals surface area contributed by atoms with Gasteiger partial charge in [-0.05, 0) is 31.2 Å².